The first-order chi connectivity index (χ1) is 10.4. The average Bonchev–Trinajstić information content (AvgIpc) is 3.04. The van der Waals surface area contributed by atoms with E-state index < -0.39 is 5.60 Å². The normalized spacial score (nSPS) is 28.4. The van der Waals surface area contributed by atoms with Gasteiger partial charge in [0.1, 0.15) is 18.6 Å². The van der Waals surface area contributed by atoms with Gasteiger partial charge in [-0.2, -0.15) is 5.10 Å². The fourth-order valence-corrected chi connectivity index (χ4v) is 3.36. The number of aliphatic hydroxyl groups is 1. The highest BCUT2D eigenvalue weighted by molar-refractivity contribution is 6.30. The van der Waals surface area contributed by atoms with Gasteiger partial charge in [0.2, 0.25) is 0 Å². The van der Waals surface area contributed by atoms with E-state index in [1.54, 1.807) is 6.34 Å². The van der Waals surface area contributed by atoms with Crippen LogP contribution in [0, 0.1) is 5.41 Å². The van der Waals surface area contributed by atoms with Gasteiger partial charge < -0.3 is 10.4 Å². The molecule has 4 nitrogen and oxygen atoms in total. The van der Waals surface area contributed by atoms with E-state index in [2.05, 4.69) is 30.3 Å². The largest absolute Gasteiger partial charge is 0.383 e. The molecule has 1 aromatic carbocycles. The molecule has 0 radical (unpaired) electrons. The van der Waals surface area contributed by atoms with Crippen LogP contribution in [-0.2, 0) is 0 Å². The summed E-state index contributed by atoms with van der Waals surface area (Å²) in [6, 6.07) is 7.72. The molecule has 1 unspecified atom stereocenters. The lowest BCUT2D eigenvalue weighted by atomic mass is 9.75. The first-order valence-electron chi connectivity index (χ1n) is 7.60. The van der Waals surface area contributed by atoms with Crippen molar-refractivity contribution in [3.05, 3.63) is 40.4 Å². The van der Waals surface area contributed by atoms with Gasteiger partial charge in [0, 0.05) is 5.02 Å². The lowest BCUT2D eigenvalue weighted by Crippen LogP contribution is -2.49. The van der Waals surface area contributed by atoms with Crippen LogP contribution in [0.4, 0.5) is 0 Å². The van der Waals surface area contributed by atoms with Crippen molar-refractivity contribution in [2.24, 2.45) is 10.5 Å². The molecule has 5 heteroatoms. The average molecular weight is 320 g/mol. The minimum absolute atomic E-state index is 0.177. The second-order valence-corrected chi connectivity index (χ2v) is 7.17. The SMILES string of the molecule is CC1(C)CCC(=Cc2ccc(Cl)cc2)C1(O)CN1CNC=N1. The van der Waals surface area contributed by atoms with Crippen molar-refractivity contribution in [2.45, 2.75) is 32.3 Å². The zero-order chi connectivity index (χ0) is 15.8. The lowest BCUT2D eigenvalue weighted by molar-refractivity contribution is -0.0380. The molecule has 0 spiro atoms. The van der Waals surface area contributed by atoms with E-state index in [1.807, 2.05) is 29.3 Å². The molecule has 22 heavy (non-hydrogen) atoms. The fourth-order valence-electron chi connectivity index (χ4n) is 3.23. The van der Waals surface area contributed by atoms with E-state index in [9.17, 15) is 5.11 Å². The van der Waals surface area contributed by atoms with Gasteiger partial charge >= 0.3 is 0 Å². The number of β-amino-alcohol motifs (C(OH)–C–C–N with tert-alkyl or cyclic N) is 1. The summed E-state index contributed by atoms with van der Waals surface area (Å²) in [6.45, 7) is 5.40. The second-order valence-electron chi connectivity index (χ2n) is 6.74. The van der Waals surface area contributed by atoms with E-state index in [0.717, 1.165) is 29.0 Å². The van der Waals surface area contributed by atoms with Crippen molar-refractivity contribution >= 4 is 24.0 Å². The molecule has 0 aromatic heterocycles. The van der Waals surface area contributed by atoms with Crippen LogP contribution in [0.5, 0.6) is 0 Å². The number of benzene rings is 1. The summed E-state index contributed by atoms with van der Waals surface area (Å²) in [7, 11) is 0. The minimum Gasteiger partial charge on any atom is -0.383 e. The Hall–Kier alpha value is -1.52. The molecule has 1 heterocycles. The number of hydrazone groups is 1. The molecule has 1 saturated carbocycles. The van der Waals surface area contributed by atoms with Gasteiger partial charge in [0.05, 0.1) is 6.54 Å². The predicted molar refractivity (Wildman–Crippen MR) is 90.6 cm³/mol. The number of nitrogens with zero attached hydrogens (tertiary/aromatic N) is 2. The molecule has 2 aliphatic rings. The molecule has 118 valence electrons. The first-order valence-corrected chi connectivity index (χ1v) is 7.98. The molecular weight excluding hydrogens is 298 g/mol. The quantitative estimate of drug-likeness (QED) is 0.900. The van der Waals surface area contributed by atoms with Crippen LogP contribution in [0.1, 0.15) is 32.3 Å². The monoisotopic (exact) mass is 319 g/mol. The second kappa shape index (κ2) is 5.60. The summed E-state index contributed by atoms with van der Waals surface area (Å²) in [4.78, 5) is 0. The van der Waals surface area contributed by atoms with Crippen LogP contribution >= 0.6 is 11.6 Å². The van der Waals surface area contributed by atoms with Gasteiger partial charge in [0.25, 0.3) is 0 Å². The number of hydrogen-bond acceptors (Lipinski definition) is 4. The van der Waals surface area contributed by atoms with Crippen LogP contribution in [0.2, 0.25) is 5.02 Å². The number of nitrogens with one attached hydrogen (secondary N) is 1. The predicted octanol–water partition coefficient (Wildman–Crippen LogP) is 3.08. The molecule has 1 fully saturated rings. The van der Waals surface area contributed by atoms with Crippen molar-refractivity contribution in [1.29, 1.82) is 0 Å². The van der Waals surface area contributed by atoms with Crippen LogP contribution in [0.25, 0.3) is 6.08 Å². The molecular formula is C17H22ClN3O. The molecule has 1 aromatic rings. The van der Waals surface area contributed by atoms with E-state index in [0.29, 0.717) is 13.2 Å². The summed E-state index contributed by atoms with van der Waals surface area (Å²) < 4.78 is 0. The zero-order valence-corrected chi connectivity index (χ0v) is 13.8. The Morgan fingerprint density at radius 1 is 1.36 bits per heavy atom. The molecule has 1 aliphatic heterocycles. The van der Waals surface area contributed by atoms with E-state index in [4.69, 9.17) is 11.6 Å². The van der Waals surface area contributed by atoms with Crippen LogP contribution in [0.3, 0.4) is 0 Å². The van der Waals surface area contributed by atoms with Crippen molar-refractivity contribution in [2.75, 3.05) is 13.2 Å². The summed E-state index contributed by atoms with van der Waals surface area (Å²) in [5.41, 5.74) is 1.08. The fraction of sp³-hybridized carbons (Fsp3) is 0.471. The Labute approximate surface area is 136 Å². The maximum absolute atomic E-state index is 11.4. The van der Waals surface area contributed by atoms with Gasteiger partial charge in [-0.3, -0.25) is 5.01 Å². The Kier molecular flexibility index (Phi) is 3.91. The highest BCUT2D eigenvalue weighted by Gasteiger charge is 2.51. The Morgan fingerprint density at radius 3 is 2.73 bits per heavy atom. The molecule has 1 aliphatic carbocycles. The summed E-state index contributed by atoms with van der Waals surface area (Å²) >= 11 is 5.94. The van der Waals surface area contributed by atoms with Gasteiger partial charge in [-0.25, -0.2) is 0 Å². The van der Waals surface area contributed by atoms with Gasteiger partial charge in [0.15, 0.2) is 0 Å². The summed E-state index contributed by atoms with van der Waals surface area (Å²) in [6.07, 6.45) is 5.64. The first kappa shape index (κ1) is 15.4. The van der Waals surface area contributed by atoms with Gasteiger partial charge in [-0.15, -0.1) is 0 Å². The van der Waals surface area contributed by atoms with Crippen LogP contribution < -0.4 is 5.32 Å². The highest BCUT2D eigenvalue weighted by atomic mass is 35.5. The van der Waals surface area contributed by atoms with Crippen LogP contribution in [0.15, 0.2) is 34.9 Å². The molecule has 0 bridgehead atoms. The van der Waals surface area contributed by atoms with Gasteiger partial charge in [-0.1, -0.05) is 43.7 Å². The minimum atomic E-state index is -0.879. The molecule has 3 rings (SSSR count). The topological polar surface area (TPSA) is 47.9 Å². The van der Waals surface area contributed by atoms with Gasteiger partial charge in [-0.05, 0) is 41.5 Å². The third kappa shape index (κ3) is 2.73. The maximum Gasteiger partial charge on any atom is 0.110 e. The third-order valence-electron chi connectivity index (χ3n) is 4.88. The van der Waals surface area contributed by atoms with Crippen LogP contribution in [-0.4, -0.2) is 35.3 Å². The smallest absolute Gasteiger partial charge is 0.110 e. The maximum atomic E-state index is 11.4. The number of rotatable bonds is 3. The summed E-state index contributed by atoms with van der Waals surface area (Å²) in [5.74, 6) is 0. The lowest BCUT2D eigenvalue weighted by Gasteiger charge is -2.39. The zero-order valence-electron chi connectivity index (χ0n) is 13.0. The molecule has 0 saturated heterocycles. The van der Waals surface area contributed by atoms with E-state index in [1.165, 1.54) is 0 Å². The van der Waals surface area contributed by atoms with Crippen molar-refractivity contribution in [3.63, 3.8) is 0 Å². The molecule has 1 atom stereocenters. The Morgan fingerprint density at radius 2 is 2.09 bits per heavy atom. The Bertz CT molecular complexity index is 609. The number of hydrogen-bond donors (Lipinski definition) is 2. The highest BCUT2D eigenvalue weighted by Crippen LogP contribution is 2.50. The summed E-state index contributed by atoms with van der Waals surface area (Å²) in [5, 5.41) is 21.3. The van der Waals surface area contributed by atoms with Crippen molar-refractivity contribution < 1.29 is 5.11 Å². The Balaban J connectivity index is 1.91. The van der Waals surface area contributed by atoms with Crippen molar-refractivity contribution in [1.82, 2.24) is 10.3 Å². The third-order valence-corrected chi connectivity index (χ3v) is 5.13. The number of halogens is 1. The standard InChI is InChI=1S/C17H22ClN3O/c1-16(2)8-7-14(9-13-3-5-15(18)6-4-13)17(16,22)10-21-12-19-11-20-21/h3-6,9,11,22H,7-8,10,12H2,1-2H3,(H,19,20). The van der Waals surface area contributed by atoms with E-state index >= 15 is 0 Å². The molecule has 2 N–H and O–H groups in total. The van der Waals surface area contributed by atoms with E-state index in [-0.39, 0.29) is 5.41 Å². The molecule has 0 amide bonds. The van der Waals surface area contributed by atoms with Crippen molar-refractivity contribution in [3.8, 4) is 0 Å².